The Morgan fingerprint density at radius 2 is 1.83 bits per heavy atom. The number of carbonyl (C=O) groups excluding carboxylic acids is 1. The quantitative estimate of drug-likeness (QED) is 0.553. The third-order valence-corrected chi connectivity index (χ3v) is 4.01. The van der Waals surface area contributed by atoms with E-state index in [9.17, 15) is 4.79 Å². The average Bonchev–Trinajstić information content (AvgIpc) is 2.61. The predicted molar refractivity (Wildman–Crippen MR) is 98.4 cm³/mol. The van der Waals surface area contributed by atoms with Crippen LogP contribution < -0.4 is 4.90 Å². The summed E-state index contributed by atoms with van der Waals surface area (Å²) in [6.07, 6.45) is -0.433. The van der Waals surface area contributed by atoms with E-state index in [-0.39, 0.29) is 6.61 Å². The minimum absolute atomic E-state index is 0.255. The second-order valence-electron chi connectivity index (χ2n) is 5.11. The fourth-order valence-corrected chi connectivity index (χ4v) is 2.40. The molecule has 0 saturated carbocycles. The van der Waals surface area contributed by atoms with Gasteiger partial charge in [0, 0.05) is 17.1 Å². The van der Waals surface area contributed by atoms with Gasteiger partial charge in [-0.3, -0.25) is 4.90 Å². The van der Waals surface area contributed by atoms with E-state index in [4.69, 9.17) is 9.57 Å². The van der Waals surface area contributed by atoms with Gasteiger partial charge >= 0.3 is 6.09 Å². The van der Waals surface area contributed by atoms with Crippen molar-refractivity contribution >= 4 is 33.4 Å². The van der Waals surface area contributed by atoms with Crippen LogP contribution in [0.2, 0.25) is 0 Å². The highest BCUT2D eigenvalue weighted by molar-refractivity contribution is 9.10. The molecule has 0 bridgehead atoms. The van der Waals surface area contributed by atoms with Crippen LogP contribution in [-0.2, 0) is 16.2 Å². The van der Waals surface area contributed by atoms with E-state index >= 15 is 0 Å². The monoisotopic (exact) mass is 390 g/mol. The second kappa shape index (κ2) is 8.49. The number of ether oxygens (including phenoxy) is 1. The van der Waals surface area contributed by atoms with Crippen molar-refractivity contribution in [3.05, 3.63) is 64.1 Å². The maximum atomic E-state index is 11.7. The number of para-hydroxylation sites is 1. The lowest BCUT2D eigenvalue weighted by molar-refractivity contribution is 0.130. The van der Waals surface area contributed by atoms with Crippen LogP contribution in [0.3, 0.4) is 0 Å². The summed E-state index contributed by atoms with van der Waals surface area (Å²) in [6, 6.07) is 15.3. The lowest BCUT2D eigenvalue weighted by Gasteiger charge is -2.18. The standard InChI is InChI=1S/C18H19BrN2O3/c1-13(14-8-10-16(19)11-9-14)20-24-12-15-6-4-5-7-17(15)21(2)18(22)23-3/h4-11H,12H2,1-3H3. The molecule has 0 spiro atoms. The minimum Gasteiger partial charge on any atom is -0.452 e. The van der Waals surface area contributed by atoms with Gasteiger partial charge in [-0.15, -0.1) is 0 Å². The molecule has 126 valence electrons. The molecule has 0 radical (unpaired) electrons. The van der Waals surface area contributed by atoms with Crippen molar-refractivity contribution in [2.45, 2.75) is 13.5 Å². The molecule has 2 rings (SSSR count). The molecular formula is C18H19BrN2O3. The molecule has 0 aliphatic carbocycles. The number of halogens is 1. The van der Waals surface area contributed by atoms with Crippen molar-refractivity contribution in [2.24, 2.45) is 5.16 Å². The lowest BCUT2D eigenvalue weighted by atomic mass is 10.1. The van der Waals surface area contributed by atoms with E-state index < -0.39 is 6.09 Å². The van der Waals surface area contributed by atoms with Gasteiger partial charge in [-0.25, -0.2) is 4.79 Å². The summed E-state index contributed by atoms with van der Waals surface area (Å²) in [6.45, 7) is 2.14. The summed E-state index contributed by atoms with van der Waals surface area (Å²) < 4.78 is 5.76. The molecule has 0 aromatic heterocycles. The zero-order chi connectivity index (χ0) is 17.5. The Hall–Kier alpha value is -2.34. The molecule has 0 saturated heterocycles. The first-order valence-corrected chi connectivity index (χ1v) is 8.14. The first-order valence-electron chi connectivity index (χ1n) is 7.35. The molecule has 6 heteroatoms. The van der Waals surface area contributed by atoms with Crippen LogP contribution in [0, 0.1) is 0 Å². The van der Waals surface area contributed by atoms with Crippen LogP contribution in [-0.4, -0.2) is 26.0 Å². The smallest absolute Gasteiger partial charge is 0.413 e. The van der Waals surface area contributed by atoms with Crippen LogP contribution in [0.4, 0.5) is 10.5 Å². The minimum atomic E-state index is -0.433. The predicted octanol–water partition coefficient (Wildman–Crippen LogP) is 4.59. The zero-order valence-corrected chi connectivity index (χ0v) is 15.4. The van der Waals surface area contributed by atoms with Crippen LogP contribution in [0.1, 0.15) is 18.1 Å². The van der Waals surface area contributed by atoms with Gasteiger partial charge in [0.25, 0.3) is 0 Å². The van der Waals surface area contributed by atoms with E-state index in [1.165, 1.54) is 12.0 Å². The molecule has 0 unspecified atom stereocenters. The van der Waals surface area contributed by atoms with Gasteiger partial charge in [0.05, 0.1) is 18.5 Å². The number of carbonyl (C=O) groups is 1. The van der Waals surface area contributed by atoms with Crippen molar-refractivity contribution in [3.8, 4) is 0 Å². The number of anilines is 1. The summed E-state index contributed by atoms with van der Waals surface area (Å²) in [5, 5.41) is 4.15. The highest BCUT2D eigenvalue weighted by Crippen LogP contribution is 2.21. The van der Waals surface area contributed by atoms with Gasteiger partial charge in [0.1, 0.15) is 6.61 Å². The van der Waals surface area contributed by atoms with E-state index in [1.54, 1.807) is 7.05 Å². The molecule has 1 amide bonds. The van der Waals surface area contributed by atoms with Gasteiger partial charge in [-0.1, -0.05) is 51.4 Å². The molecule has 0 aliphatic heterocycles. The number of rotatable bonds is 5. The Bertz CT molecular complexity index is 729. The number of nitrogens with zero attached hydrogens (tertiary/aromatic N) is 2. The summed E-state index contributed by atoms with van der Waals surface area (Å²) in [4.78, 5) is 18.6. The van der Waals surface area contributed by atoms with Crippen LogP contribution >= 0.6 is 15.9 Å². The Morgan fingerprint density at radius 3 is 2.50 bits per heavy atom. The zero-order valence-electron chi connectivity index (χ0n) is 13.8. The molecule has 0 N–H and O–H groups in total. The van der Waals surface area contributed by atoms with Gasteiger partial charge < -0.3 is 9.57 Å². The maximum absolute atomic E-state index is 11.7. The molecule has 0 fully saturated rings. The second-order valence-corrected chi connectivity index (χ2v) is 6.03. The van der Waals surface area contributed by atoms with E-state index in [0.717, 1.165) is 27.0 Å². The normalized spacial score (nSPS) is 11.1. The van der Waals surface area contributed by atoms with Gasteiger partial charge in [0.2, 0.25) is 0 Å². The van der Waals surface area contributed by atoms with Crippen molar-refractivity contribution in [3.63, 3.8) is 0 Å². The largest absolute Gasteiger partial charge is 0.452 e. The van der Waals surface area contributed by atoms with Gasteiger partial charge in [-0.05, 0) is 30.7 Å². The van der Waals surface area contributed by atoms with E-state index in [1.807, 2.05) is 55.5 Å². The fraction of sp³-hybridized carbons (Fsp3) is 0.222. The molecule has 0 atom stereocenters. The number of methoxy groups -OCH3 is 1. The van der Waals surface area contributed by atoms with E-state index in [0.29, 0.717) is 0 Å². The number of amides is 1. The van der Waals surface area contributed by atoms with Crippen LogP contribution in [0.5, 0.6) is 0 Å². The van der Waals surface area contributed by atoms with Crippen molar-refractivity contribution in [1.29, 1.82) is 0 Å². The summed E-state index contributed by atoms with van der Waals surface area (Å²) >= 11 is 3.40. The fourth-order valence-electron chi connectivity index (χ4n) is 2.14. The summed E-state index contributed by atoms with van der Waals surface area (Å²) in [5.74, 6) is 0. The Kier molecular flexibility index (Phi) is 6.37. The summed E-state index contributed by atoms with van der Waals surface area (Å²) in [5.41, 5.74) is 3.33. The lowest BCUT2D eigenvalue weighted by Crippen LogP contribution is -2.26. The number of oxime groups is 1. The molecular weight excluding hydrogens is 372 g/mol. The van der Waals surface area contributed by atoms with Crippen molar-refractivity contribution in [1.82, 2.24) is 0 Å². The number of benzene rings is 2. The first kappa shape index (κ1) is 18.0. The maximum Gasteiger partial charge on any atom is 0.413 e. The Labute approximate surface area is 150 Å². The number of hydrogen-bond donors (Lipinski definition) is 0. The van der Waals surface area contributed by atoms with Crippen LogP contribution in [0.25, 0.3) is 0 Å². The molecule has 0 aliphatic rings. The topological polar surface area (TPSA) is 51.1 Å². The molecule has 2 aromatic rings. The van der Waals surface area contributed by atoms with Crippen molar-refractivity contribution < 1.29 is 14.4 Å². The Morgan fingerprint density at radius 1 is 1.17 bits per heavy atom. The number of hydrogen-bond acceptors (Lipinski definition) is 4. The Balaban J connectivity index is 2.08. The highest BCUT2D eigenvalue weighted by Gasteiger charge is 2.14. The molecule has 0 heterocycles. The van der Waals surface area contributed by atoms with Crippen LogP contribution in [0.15, 0.2) is 58.2 Å². The molecule has 5 nitrogen and oxygen atoms in total. The van der Waals surface area contributed by atoms with Crippen molar-refractivity contribution in [2.75, 3.05) is 19.1 Å². The summed E-state index contributed by atoms with van der Waals surface area (Å²) in [7, 11) is 3.00. The van der Waals surface area contributed by atoms with Gasteiger partial charge in [0.15, 0.2) is 0 Å². The first-order chi connectivity index (χ1) is 11.5. The van der Waals surface area contributed by atoms with Gasteiger partial charge in [-0.2, -0.15) is 0 Å². The molecule has 2 aromatic carbocycles. The third-order valence-electron chi connectivity index (χ3n) is 3.48. The molecule has 24 heavy (non-hydrogen) atoms. The third kappa shape index (κ3) is 4.58. The highest BCUT2D eigenvalue weighted by atomic mass is 79.9. The SMILES string of the molecule is COC(=O)N(C)c1ccccc1CON=C(C)c1ccc(Br)cc1. The average molecular weight is 391 g/mol. The van der Waals surface area contributed by atoms with E-state index in [2.05, 4.69) is 21.1 Å².